The summed E-state index contributed by atoms with van der Waals surface area (Å²) in [4.78, 5) is 16.9. The maximum Gasteiger partial charge on any atom is 0.231 e. The van der Waals surface area contributed by atoms with Gasteiger partial charge < -0.3 is 11.2 Å². The van der Waals surface area contributed by atoms with Crippen molar-refractivity contribution in [1.29, 1.82) is 0 Å². The van der Waals surface area contributed by atoms with E-state index in [0.717, 1.165) is 0 Å². The number of carbonyl (C=O) groups excluding carboxylic acids is 1. The number of anilines is 1. The van der Waals surface area contributed by atoms with Crippen LogP contribution >= 0.6 is 11.6 Å². The first-order chi connectivity index (χ1) is 8.06. The quantitative estimate of drug-likeness (QED) is 0.504. The normalized spacial score (nSPS) is 10.6. The Morgan fingerprint density at radius 1 is 1.59 bits per heavy atom. The second kappa shape index (κ2) is 6.39. The highest BCUT2D eigenvalue weighted by atomic mass is 35.5. The number of hydrazine groups is 1. The molecule has 1 rings (SSSR count). The summed E-state index contributed by atoms with van der Waals surface area (Å²) >= 11 is 6.02. The molecule has 0 saturated carbocycles. The summed E-state index contributed by atoms with van der Waals surface area (Å²) in [5.41, 5.74) is 8.25. The molecule has 0 saturated heterocycles. The molecule has 0 aliphatic heterocycles. The number of hydrogen-bond acceptors (Lipinski definition) is 5. The van der Waals surface area contributed by atoms with Gasteiger partial charge in [0.1, 0.15) is 5.82 Å². The number of carbonyl (C=O) groups is 1. The van der Waals surface area contributed by atoms with Gasteiger partial charge in [0, 0.05) is 6.54 Å². The maximum absolute atomic E-state index is 10.9. The smallest absolute Gasteiger partial charge is 0.231 e. The molecule has 1 amide bonds. The van der Waals surface area contributed by atoms with Crippen LogP contribution in [-0.2, 0) is 11.3 Å². The van der Waals surface area contributed by atoms with Gasteiger partial charge in [-0.25, -0.2) is 10.8 Å². The molecule has 6 nitrogen and oxygen atoms in total. The van der Waals surface area contributed by atoms with Crippen molar-refractivity contribution in [3.63, 3.8) is 0 Å². The van der Waals surface area contributed by atoms with Gasteiger partial charge in [0.2, 0.25) is 5.91 Å². The third kappa shape index (κ3) is 4.18. The fourth-order valence-corrected chi connectivity index (χ4v) is 1.55. The Balaban J connectivity index is 2.80. The summed E-state index contributed by atoms with van der Waals surface area (Å²) in [7, 11) is 0. The molecule has 1 aromatic heterocycles. The number of pyridine rings is 1. The number of rotatable bonds is 6. The number of aromatic nitrogens is 1. The fourth-order valence-electron chi connectivity index (χ4n) is 1.39. The minimum atomic E-state index is -0.379. The molecular formula is C10H16ClN5O. The van der Waals surface area contributed by atoms with Gasteiger partial charge in [0.15, 0.2) is 0 Å². The van der Waals surface area contributed by atoms with E-state index in [0.29, 0.717) is 29.6 Å². The van der Waals surface area contributed by atoms with Crippen molar-refractivity contribution in [2.45, 2.75) is 13.5 Å². The summed E-state index contributed by atoms with van der Waals surface area (Å²) in [6, 6.07) is 3.38. The van der Waals surface area contributed by atoms with Crippen molar-refractivity contribution in [2.24, 2.45) is 11.6 Å². The summed E-state index contributed by atoms with van der Waals surface area (Å²) in [5.74, 6) is 5.42. The number of nitrogens with zero attached hydrogens (tertiary/aromatic N) is 2. The Hall–Kier alpha value is -1.37. The zero-order chi connectivity index (χ0) is 12.8. The molecule has 0 fully saturated rings. The van der Waals surface area contributed by atoms with E-state index in [1.54, 1.807) is 12.1 Å². The summed E-state index contributed by atoms with van der Waals surface area (Å²) < 4.78 is 0. The van der Waals surface area contributed by atoms with Gasteiger partial charge in [0.05, 0.1) is 17.3 Å². The predicted molar refractivity (Wildman–Crippen MR) is 67.2 cm³/mol. The van der Waals surface area contributed by atoms with Crippen molar-refractivity contribution in [2.75, 3.05) is 18.5 Å². The molecule has 0 spiro atoms. The van der Waals surface area contributed by atoms with Crippen LogP contribution in [0.5, 0.6) is 0 Å². The fraction of sp³-hybridized carbons (Fsp3) is 0.400. The monoisotopic (exact) mass is 257 g/mol. The van der Waals surface area contributed by atoms with E-state index >= 15 is 0 Å². The molecule has 1 heterocycles. The van der Waals surface area contributed by atoms with Gasteiger partial charge in [-0.3, -0.25) is 9.69 Å². The molecule has 5 N–H and O–H groups in total. The Labute approximate surface area is 105 Å². The summed E-state index contributed by atoms with van der Waals surface area (Å²) in [6.45, 7) is 3.24. The van der Waals surface area contributed by atoms with Gasteiger partial charge in [-0.05, 0) is 18.7 Å². The molecule has 17 heavy (non-hydrogen) atoms. The minimum Gasteiger partial charge on any atom is -0.369 e. The second-order valence-electron chi connectivity index (χ2n) is 3.54. The molecule has 0 atom stereocenters. The number of likely N-dealkylation sites (N-methyl/N-ethyl adjacent to an activating group) is 1. The molecule has 94 valence electrons. The van der Waals surface area contributed by atoms with E-state index in [1.807, 2.05) is 11.8 Å². The lowest BCUT2D eigenvalue weighted by molar-refractivity contribution is -0.119. The Kier molecular flexibility index (Phi) is 5.14. The molecule has 1 aromatic rings. The number of halogens is 1. The highest BCUT2D eigenvalue weighted by Gasteiger charge is 2.11. The van der Waals surface area contributed by atoms with Gasteiger partial charge in [-0.2, -0.15) is 0 Å². The highest BCUT2D eigenvalue weighted by Crippen LogP contribution is 2.17. The van der Waals surface area contributed by atoms with Crippen LogP contribution < -0.4 is 17.0 Å². The molecule has 7 heteroatoms. The molecule has 0 aliphatic carbocycles. The topological polar surface area (TPSA) is 97.3 Å². The zero-order valence-electron chi connectivity index (χ0n) is 9.61. The number of primary amides is 1. The largest absolute Gasteiger partial charge is 0.369 e. The van der Waals surface area contributed by atoms with Crippen LogP contribution in [-0.4, -0.2) is 28.9 Å². The van der Waals surface area contributed by atoms with Crippen LogP contribution in [0.15, 0.2) is 12.1 Å². The average Bonchev–Trinajstić information content (AvgIpc) is 2.30. The second-order valence-corrected chi connectivity index (χ2v) is 3.95. The first kappa shape index (κ1) is 13.7. The lowest BCUT2D eigenvalue weighted by atomic mass is 10.3. The minimum absolute atomic E-state index is 0.175. The molecular weight excluding hydrogens is 242 g/mol. The highest BCUT2D eigenvalue weighted by molar-refractivity contribution is 6.31. The summed E-state index contributed by atoms with van der Waals surface area (Å²) in [6.07, 6.45) is 0. The molecule has 0 aliphatic rings. The first-order valence-corrected chi connectivity index (χ1v) is 5.57. The van der Waals surface area contributed by atoms with Crippen LogP contribution in [0.2, 0.25) is 5.02 Å². The van der Waals surface area contributed by atoms with Gasteiger partial charge >= 0.3 is 0 Å². The van der Waals surface area contributed by atoms with Crippen LogP contribution in [0.1, 0.15) is 12.6 Å². The SMILES string of the molecule is CCN(CC(N)=O)Cc1nc(NN)ccc1Cl. The number of amides is 1. The molecule has 0 unspecified atom stereocenters. The molecule has 0 radical (unpaired) electrons. The van der Waals surface area contributed by atoms with E-state index in [-0.39, 0.29) is 12.5 Å². The van der Waals surface area contributed by atoms with Crippen molar-refractivity contribution >= 4 is 23.3 Å². The van der Waals surface area contributed by atoms with Crippen LogP contribution in [0.25, 0.3) is 0 Å². The van der Waals surface area contributed by atoms with Gasteiger partial charge in [-0.1, -0.05) is 18.5 Å². The Bertz CT molecular complexity index is 398. The van der Waals surface area contributed by atoms with Crippen molar-refractivity contribution in [3.05, 3.63) is 22.8 Å². The lowest BCUT2D eigenvalue weighted by Crippen LogP contribution is -2.33. The standard InChI is InChI=1S/C10H16ClN5O/c1-2-16(6-9(12)17)5-8-7(11)3-4-10(14-8)15-13/h3-4H,2,5-6,13H2,1H3,(H2,12,17)(H,14,15). The predicted octanol–water partition coefficient (Wildman–Crippen LogP) is 0.328. The Morgan fingerprint density at radius 3 is 2.82 bits per heavy atom. The third-order valence-electron chi connectivity index (χ3n) is 2.27. The van der Waals surface area contributed by atoms with Crippen molar-refractivity contribution < 1.29 is 4.79 Å². The zero-order valence-corrected chi connectivity index (χ0v) is 10.4. The van der Waals surface area contributed by atoms with E-state index in [9.17, 15) is 4.79 Å². The average molecular weight is 258 g/mol. The van der Waals surface area contributed by atoms with Crippen LogP contribution in [0.4, 0.5) is 5.82 Å². The lowest BCUT2D eigenvalue weighted by Gasteiger charge is -2.18. The van der Waals surface area contributed by atoms with E-state index < -0.39 is 0 Å². The van der Waals surface area contributed by atoms with Crippen molar-refractivity contribution in [1.82, 2.24) is 9.88 Å². The van der Waals surface area contributed by atoms with Crippen LogP contribution in [0, 0.1) is 0 Å². The molecule has 0 bridgehead atoms. The van der Waals surface area contributed by atoms with Crippen molar-refractivity contribution in [3.8, 4) is 0 Å². The first-order valence-electron chi connectivity index (χ1n) is 5.19. The maximum atomic E-state index is 10.9. The van der Waals surface area contributed by atoms with Gasteiger partial charge in [0.25, 0.3) is 0 Å². The third-order valence-corrected chi connectivity index (χ3v) is 2.61. The number of nitrogens with two attached hydrogens (primary N) is 2. The number of hydrogen-bond donors (Lipinski definition) is 3. The van der Waals surface area contributed by atoms with E-state index in [1.165, 1.54) is 0 Å². The van der Waals surface area contributed by atoms with Gasteiger partial charge in [-0.15, -0.1) is 0 Å². The van der Waals surface area contributed by atoms with Crippen LogP contribution in [0.3, 0.4) is 0 Å². The Morgan fingerprint density at radius 2 is 2.29 bits per heavy atom. The summed E-state index contributed by atoms with van der Waals surface area (Å²) in [5, 5.41) is 0.534. The number of nitrogen functional groups attached to an aromatic ring is 1. The van der Waals surface area contributed by atoms with E-state index in [2.05, 4.69) is 10.4 Å². The molecule has 0 aromatic carbocycles. The van der Waals surface area contributed by atoms with E-state index in [4.69, 9.17) is 23.2 Å². The number of nitrogens with one attached hydrogen (secondary N) is 1.